The number of rotatable bonds is 4. The Morgan fingerprint density at radius 2 is 1.94 bits per heavy atom. The smallest absolute Gasteiger partial charge is 0.373 e. The molecule has 1 unspecified atom stereocenters. The molecule has 0 amide bonds. The Morgan fingerprint density at radius 3 is 2.50 bits per heavy atom. The highest BCUT2D eigenvalue weighted by Gasteiger charge is 2.40. The number of oxime groups is 1. The maximum absolute atomic E-state index is 12.8. The fraction of sp³-hybridized carbons (Fsp3) is 0.364. The Labute approximate surface area is 104 Å². The van der Waals surface area contributed by atoms with Crippen LogP contribution in [0.2, 0.25) is 0 Å². The van der Waals surface area contributed by atoms with Gasteiger partial charge in [0.2, 0.25) is 5.85 Å². The summed E-state index contributed by atoms with van der Waals surface area (Å²) in [6.07, 6.45) is 0.296. The third-order valence-corrected chi connectivity index (χ3v) is 4.69. The van der Waals surface area contributed by atoms with Crippen LogP contribution in [0.5, 0.6) is 0 Å². The molecule has 1 atom stereocenters. The summed E-state index contributed by atoms with van der Waals surface area (Å²) in [5, 5.41) is 3.84. The Hall–Kier alpha value is -1.23. The second kappa shape index (κ2) is 5.18. The van der Waals surface area contributed by atoms with E-state index in [-0.39, 0.29) is 5.82 Å². The number of hydrogen-bond donors (Lipinski definition) is 0. The zero-order valence-electron chi connectivity index (χ0n) is 10.00. The van der Waals surface area contributed by atoms with E-state index in [0.29, 0.717) is 12.1 Å². The SMILES string of the molecule is COP(=O)(OC)C1CC(c2ccc(F)cc2)=NO1. The van der Waals surface area contributed by atoms with Gasteiger partial charge in [-0.05, 0) is 17.7 Å². The molecule has 98 valence electrons. The van der Waals surface area contributed by atoms with Crippen LogP contribution in [-0.4, -0.2) is 25.8 Å². The Morgan fingerprint density at radius 1 is 1.33 bits per heavy atom. The van der Waals surface area contributed by atoms with Crippen LogP contribution in [0.1, 0.15) is 12.0 Å². The third kappa shape index (κ3) is 2.46. The molecular weight excluding hydrogens is 260 g/mol. The van der Waals surface area contributed by atoms with Gasteiger partial charge in [-0.1, -0.05) is 17.3 Å². The quantitative estimate of drug-likeness (QED) is 0.791. The lowest BCUT2D eigenvalue weighted by atomic mass is 10.1. The van der Waals surface area contributed by atoms with Crippen molar-refractivity contribution in [1.82, 2.24) is 0 Å². The topological polar surface area (TPSA) is 57.1 Å². The van der Waals surface area contributed by atoms with E-state index < -0.39 is 13.4 Å². The molecular formula is C11H13FNO4P. The van der Waals surface area contributed by atoms with Gasteiger partial charge in [0.25, 0.3) is 0 Å². The number of benzene rings is 1. The highest BCUT2D eigenvalue weighted by Crippen LogP contribution is 2.54. The molecule has 7 heteroatoms. The molecule has 0 aromatic heterocycles. The van der Waals surface area contributed by atoms with Crippen molar-refractivity contribution in [2.75, 3.05) is 14.2 Å². The molecule has 2 rings (SSSR count). The molecule has 1 aliphatic rings. The van der Waals surface area contributed by atoms with Gasteiger partial charge in [0.1, 0.15) is 5.82 Å². The molecule has 1 aromatic carbocycles. The molecule has 18 heavy (non-hydrogen) atoms. The Bertz CT molecular complexity index is 494. The predicted octanol–water partition coefficient (Wildman–Crippen LogP) is 2.76. The summed E-state index contributed by atoms with van der Waals surface area (Å²) in [7, 11) is -0.717. The van der Waals surface area contributed by atoms with Gasteiger partial charge in [-0.3, -0.25) is 4.57 Å². The van der Waals surface area contributed by atoms with Gasteiger partial charge >= 0.3 is 7.60 Å². The van der Waals surface area contributed by atoms with Gasteiger partial charge < -0.3 is 13.9 Å². The fourth-order valence-electron chi connectivity index (χ4n) is 1.66. The molecule has 0 radical (unpaired) electrons. The zero-order valence-corrected chi connectivity index (χ0v) is 10.9. The predicted molar refractivity (Wildman–Crippen MR) is 64.1 cm³/mol. The molecule has 0 fully saturated rings. The standard InChI is InChI=1S/C11H13FNO4P/c1-15-18(14,16-2)11-7-10(13-17-11)8-3-5-9(12)6-4-8/h3-6,11H,7H2,1-2H3. The number of halogens is 1. The molecule has 0 saturated carbocycles. The van der Waals surface area contributed by atoms with E-state index in [2.05, 4.69) is 5.16 Å². The minimum Gasteiger partial charge on any atom is -0.379 e. The maximum Gasteiger partial charge on any atom is 0.373 e. The van der Waals surface area contributed by atoms with Crippen molar-refractivity contribution in [2.24, 2.45) is 5.16 Å². The summed E-state index contributed by atoms with van der Waals surface area (Å²) in [6.45, 7) is 0. The van der Waals surface area contributed by atoms with Crippen molar-refractivity contribution in [1.29, 1.82) is 0 Å². The van der Waals surface area contributed by atoms with Crippen LogP contribution in [0.3, 0.4) is 0 Å². The summed E-state index contributed by atoms with van der Waals surface area (Å²) in [4.78, 5) is 5.08. The minimum absolute atomic E-state index is 0.296. The highest BCUT2D eigenvalue weighted by molar-refractivity contribution is 7.54. The van der Waals surface area contributed by atoms with Crippen molar-refractivity contribution in [2.45, 2.75) is 12.3 Å². The first-order valence-electron chi connectivity index (χ1n) is 5.29. The van der Waals surface area contributed by atoms with Crippen LogP contribution >= 0.6 is 7.60 Å². The largest absolute Gasteiger partial charge is 0.379 e. The van der Waals surface area contributed by atoms with E-state index in [4.69, 9.17) is 13.9 Å². The van der Waals surface area contributed by atoms with E-state index in [0.717, 1.165) is 5.56 Å². The number of hydrogen-bond acceptors (Lipinski definition) is 5. The second-order valence-corrected chi connectivity index (χ2v) is 6.10. The van der Waals surface area contributed by atoms with Crippen LogP contribution in [0, 0.1) is 5.82 Å². The average molecular weight is 273 g/mol. The summed E-state index contributed by atoms with van der Waals surface area (Å²) in [5.74, 6) is -1.08. The molecule has 5 nitrogen and oxygen atoms in total. The normalized spacial score (nSPS) is 19.5. The van der Waals surface area contributed by atoms with Gasteiger partial charge in [-0.15, -0.1) is 0 Å². The molecule has 0 saturated heterocycles. The van der Waals surface area contributed by atoms with E-state index in [1.54, 1.807) is 12.1 Å². The van der Waals surface area contributed by atoms with Gasteiger partial charge in [0, 0.05) is 20.6 Å². The fourth-order valence-corrected chi connectivity index (χ4v) is 2.83. The van der Waals surface area contributed by atoms with Crippen molar-refractivity contribution >= 4 is 13.3 Å². The zero-order chi connectivity index (χ0) is 13.2. The Kier molecular flexibility index (Phi) is 3.80. The number of nitrogens with zero attached hydrogens (tertiary/aromatic N) is 1. The highest BCUT2D eigenvalue weighted by atomic mass is 31.2. The summed E-state index contributed by atoms with van der Waals surface area (Å²) in [6, 6.07) is 5.84. The van der Waals surface area contributed by atoms with Crippen LogP contribution in [0.15, 0.2) is 29.4 Å². The second-order valence-electron chi connectivity index (χ2n) is 3.71. The van der Waals surface area contributed by atoms with Gasteiger partial charge in [-0.2, -0.15) is 0 Å². The Balaban J connectivity index is 2.13. The minimum atomic E-state index is -3.31. The third-order valence-electron chi connectivity index (χ3n) is 2.69. The van der Waals surface area contributed by atoms with Gasteiger partial charge in [0.15, 0.2) is 0 Å². The summed E-state index contributed by atoms with van der Waals surface area (Å²) < 4.78 is 34.6. The summed E-state index contributed by atoms with van der Waals surface area (Å²) >= 11 is 0. The van der Waals surface area contributed by atoms with Crippen LogP contribution in [0.4, 0.5) is 4.39 Å². The summed E-state index contributed by atoms with van der Waals surface area (Å²) in [5.41, 5.74) is 1.31. The lowest BCUT2D eigenvalue weighted by Gasteiger charge is -2.17. The monoisotopic (exact) mass is 273 g/mol. The lowest BCUT2D eigenvalue weighted by molar-refractivity contribution is 0.106. The molecule has 1 aromatic rings. The van der Waals surface area contributed by atoms with Crippen molar-refractivity contribution < 1.29 is 22.8 Å². The molecule has 1 heterocycles. The molecule has 0 spiro atoms. The van der Waals surface area contributed by atoms with E-state index in [9.17, 15) is 8.96 Å². The van der Waals surface area contributed by atoms with Crippen LogP contribution in [0.25, 0.3) is 0 Å². The lowest BCUT2D eigenvalue weighted by Crippen LogP contribution is -2.11. The van der Waals surface area contributed by atoms with Crippen LogP contribution in [-0.2, 0) is 18.5 Å². The first kappa shape index (κ1) is 13.2. The van der Waals surface area contributed by atoms with Gasteiger partial charge in [0.05, 0.1) is 5.71 Å². The average Bonchev–Trinajstić information content (AvgIpc) is 2.89. The maximum atomic E-state index is 12.8. The first-order chi connectivity index (χ1) is 8.59. The molecule has 0 aliphatic carbocycles. The van der Waals surface area contributed by atoms with Crippen molar-refractivity contribution in [3.8, 4) is 0 Å². The van der Waals surface area contributed by atoms with Crippen molar-refractivity contribution in [3.63, 3.8) is 0 Å². The van der Waals surface area contributed by atoms with E-state index >= 15 is 0 Å². The van der Waals surface area contributed by atoms with E-state index in [1.165, 1.54) is 26.4 Å². The first-order valence-corrected chi connectivity index (χ1v) is 6.90. The van der Waals surface area contributed by atoms with Gasteiger partial charge in [-0.25, -0.2) is 4.39 Å². The van der Waals surface area contributed by atoms with Crippen molar-refractivity contribution in [3.05, 3.63) is 35.6 Å². The van der Waals surface area contributed by atoms with Crippen LogP contribution < -0.4 is 0 Å². The molecule has 1 aliphatic heterocycles. The van der Waals surface area contributed by atoms with E-state index in [1.807, 2.05) is 0 Å². The molecule has 0 bridgehead atoms. The molecule has 0 N–H and O–H groups in total.